The number of imide groups is 2. The number of nitrogens with two attached hydrogens (primary N) is 1. The van der Waals surface area contributed by atoms with Crippen molar-refractivity contribution in [1.29, 1.82) is 0 Å². The van der Waals surface area contributed by atoms with E-state index in [9.17, 15) is 24.3 Å². The second kappa shape index (κ2) is 12.0. The molecule has 1 aromatic heterocycles. The van der Waals surface area contributed by atoms with Crippen molar-refractivity contribution >= 4 is 29.4 Å². The summed E-state index contributed by atoms with van der Waals surface area (Å²) in [6.07, 6.45) is 5.99. The summed E-state index contributed by atoms with van der Waals surface area (Å²) in [5, 5.41) is 20.6. The molecule has 0 bridgehead atoms. The number of anilines is 1. The van der Waals surface area contributed by atoms with Crippen molar-refractivity contribution < 1.29 is 29.0 Å². The molecule has 49 heavy (non-hydrogen) atoms. The maximum absolute atomic E-state index is 13.3. The number of hydrogen-bond acceptors (Lipinski definition) is 10. The van der Waals surface area contributed by atoms with E-state index in [1.54, 1.807) is 36.4 Å². The Hall–Kier alpha value is -5.28. The third-order valence-electron chi connectivity index (χ3n) is 10.6. The molecule has 8 rings (SSSR count). The van der Waals surface area contributed by atoms with E-state index in [1.807, 2.05) is 6.07 Å². The summed E-state index contributed by atoms with van der Waals surface area (Å²) in [7, 11) is 0. The van der Waals surface area contributed by atoms with Crippen LogP contribution in [0.3, 0.4) is 0 Å². The molecule has 12 nitrogen and oxygen atoms in total. The van der Waals surface area contributed by atoms with Crippen molar-refractivity contribution in [1.82, 2.24) is 25.3 Å². The molecule has 4 N–H and O–H groups in total. The normalized spacial score (nSPS) is 24.3. The number of nitrogens with zero attached hydrogens (tertiary/aromatic N) is 4. The van der Waals surface area contributed by atoms with Crippen LogP contribution in [0, 0.1) is 23.7 Å². The molecule has 1 spiro atoms. The molecule has 1 saturated carbocycles. The van der Waals surface area contributed by atoms with Crippen molar-refractivity contribution in [3.05, 3.63) is 64.7 Å². The lowest BCUT2D eigenvalue weighted by atomic mass is 9.79. The molecule has 1 atom stereocenters. The van der Waals surface area contributed by atoms with Gasteiger partial charge in [0.1, 0.15) is 23.1 Å². The number of aromatic hydroxyl groups is 1. The number of para-hydroxylation sites is 1. The first-order valence-corrected chi connectivity index (χ1v) is 16.9. The SMILES string of the molecule is Nc1nnc(-c2ccccc2O)cc1C#C[C@H]1CC[C@@H](CN2CC3(CCc4cc5c(cc4O3)C(=O)N(C3CCC(=O)NC3=O)C5=O)C2)CC1. The molecule has 4 amide bonds. The van der Waals surface area contributed by atoms with Gasteiger partial charge in [-0.2, -0.15) is 0 Å². The minimum absolute atomic E-state index is 0.0847. The van der Waals surface area contributed by atoms with Crippen molar-refractivity contribution in [2.45, 2.75) is 63.0 Å². The van der Waals surface area contributed by atoms with Crippen LogP contribution in [-0.4, -0.2) is 80.0 Å². The molecular weight excluding hydrogens is 624 g/mol. The second-order valence-corrected chi connectivity index (χ2v) is 13.9. The highest BCUT2D eigenvalue weighted by molar-refractivity contribution is 6.23. The summed E-state index contributed by atoms with van der Waals surface area (Å²) in [4.78, 5) is 54.0. The number of likely N-dealkylation sites (tertiary alicyclic amines) is 1. The predicted molar refractivity (Wildman–Crippen MR) is 177 cm³/mol. The van der Waals surface area contributed by atoms with Gasteiger partial charge in [-0.3, -0.25) is 34.3 Å². The standard InChI is InChI=1S/C37H36N6O6/c38-33-24(16-28(40-41-33)25-3-1-2-4-30(25)44)10-9-21-5-7-22(8-6-21)18-42-19-37(20-42)14-13-23-15-26-27(17-31(23)49-37)36(48)43(35(26)47)29-11-12-32(45)39-34(29)46/h1-4,15-17,21-22,29,44H,5-8,11-14,18-20H2,(H2,38,41)(H,39,45,46)/t21-,22+,29?. The lowest BCUT2D eigenvalue weighted by Crippen LogP contribution is -2.66. The molecule has 3 fully saturated rings. The zero-order valence-electron chi connectivity index (χ0n) is 26.9. The van der Waals surface area contributed by atoms with E-state index in [4.69, 9.17) is 10.5 Å². The summed E-state index contributed by atoms with van der Waals surface area (Å²) in [6, 6.07) is 11.2. The number of aromatic nitrogens is 2. The molecule has 3 aromatic rings. The molecule has 4 aliphatic heterocycles. The Labute approximate surface area is 283 Å². The number of carbonyl (C=O) groups excluding carboxylic acids is 4. The van der Waals surface area contributed by atoms with Crippen LogP contribution < -0.4 is 15.8 Å². The number of aryl methyl sites for hydroxylation is 1. The average Bonchev–Trinajstić information content (AvgIpc) is 3.31. The first-order valence-electron chi connectivity index (χ1n) is 16.9. The van der Waals surface area contributed by atoms with E-state index >= 15 is 0 Å². The molecule has 12 heteroatoms. The molecule has 5 heterocycles. The second-order valence-electron chi connectivity index (χ2n) is 13.9. The van der Waals surface area contributed by atoms with E-state index in [1.165, 1.54) is 0 Å². The number of carbonyl (C=O) groups is 4. The topological polar surface area (TPSA) is 168 Å². The number of rotatable bonds is 4. The largest absolute Gasteiger partial charge is 0.507 e. The van der Waals surface area contributed by atoms with Gasteiger partial charge in [0.25, 0.3) is 11.8 Å². The van der Waals surface area contributed by atoms with E-state index in [2.05, 4.69) is 32.3 Å². The van der Waals surface area contributed by atoms with Gasteiger partial charge in [-0.25, -0.2) is 0 Å². The van der Waals surface area contributed by atoms with Crippen LogP contribution in [0.2, 0.25) is 0 Å². The predicted octanol–water partition coefficient (Wildman–Crippen LogP) is 3.07. The van der Waals surface area contributed by atoms with Crippen LogP contribution in [0.15, 0.2) is 42.5 Å². The van der Waals surface area contributed by atoms with Gasteiger partial charge in [0.05, 0.1) is 22.4 Å². The smallest absolute Gasteiger partial charge is 0.262 e. The number of phenolic OH excluding ortho intramolecular Hbond substituents is 1. The summed E-state index contributed by atoms with van der Waals surface area (Å²) >= 11 is 0. The van der Waals surface area contributed by atoms with Crippen LogP contribution in [0.5, 0.6) is 11.5 Å². The number of ether oxygens (including phenoxy) is 1. The Morgan fingerprint density at radius 2 is 1.69 bits per heavy atom. The van der Waals surface area contributed by atoms with E-state index in [0.717, 1.165) is 68.6 Å². The van der Waals surface area contributed by atoms with Gasteiger partial charge in [-0.1, -0.05) is 24.0 Å². The van der Waals surface area contributed by atoms with Gasteiger partial charge in [-0.15, -0.1) is 10.2 Å². The highest BCUT2D eigenvalue weighted by Crippen LogP contribution is 2.43. The first kappa shape index (κ1) is 31.0. The third kappa shape index (κ3) is 5.68. The zero-order chi connectivity index (χ0) is 33.9. The molecule has 1 unspecified atom stereocenters. The number of piperidine rings is 1. The van der Waals surface area contributed by atoms with Gasteiger partial charge in [-0.05, 0) is 86.8 Å². The van der Waals surface area contributed by atoms with Gasteiger partial charge in [0.15, 0.2) is 5.82 Å². The lowest BCUT2D eigenvalue weighted by Gasteiger charge is -2.53. The van der Waals surface area contributed by atoms with Gasteiger partial charge < -0.3 is 15.6 Å². The highest BCUT2D eigenvalue weighted by atomic mass is 16.5. The minimum Gasteiger partial charge on any atom is -0.507 e. The minimum atomic E-state index is -0.987. The molecule has 1 aliphatic carbocycles. The molecule has 250 valence electrons. The van der Waals surface area contributed by atoms with Gasteiger partial charge in [0.2, 0.25) is 11.8 Å². The number of hydrogen-bond donors (Lipinski definition) is 3. The molecular formula is C37H36N6O6. The Morgan fingerprint density at radius 3 is 2.45 bits per heavy atom. The first-order chi connectivity index (χ1) is 23.7. The van der Waals surface area contributed by atoms with E-state index < -0.39 is 29.7 Å². The van der Waals surface area contributed by atoms with Gasteiger partial charge >= 0.3 is 0 Å². The van der Waals surface area contributed by atoms with Crippen molar-refractivity contribution in [3.8, 4) is 34.6 Å². The molecule has 5 aliphatic rings. The fraction of sp³-hybridized carbons (Fsp3) is 0.405. The number of benzene rings is 2. The number of nitrogens with one attached hydrogen (secondary N) is 1. The van der Waals surface area contributed by atoms with Crippen molar-refractivity contribution in [2.24, 2.45) is 11.8 Å². The number of amides is 4. The number of fused-ring (bicyclic) bond motifs is 2. The molecule has 0 radical (unpaired) electrons. The Kier molecular flexibility index (Phi) is 7.60. The van der Waals surface area contributed by atoms with E-state index in [-0.39, 0.29) is 41.5 Å². The van der Waals surface area contributed by atoms with Crippen LogP contribution in [0.1, 0.15) is 76.8 Å². The summed E-state index contributed by atoms with van der Waals surface area (Å²) in [5.74, 6) is 6.49. The summed E-state index contributed by atoms with van der Waals surface area (Å²) < 4.78 is 6.54. The molecule has 2 saturated heterocycles. The molecule has 2 aromatic carbocycles. The van der Waals surface area contributed by atoms with Crippen LogP contribution in [-0.2, 0) is 16.0 Å². The number of nitrogen functional groups attached to an aromatic ring is 1. The maximum atomic E-state index is 13.3. The van der Waals surface area contributed by atoms with Gasteiger partial charge in [0, 0.05) is 37.5 Å². The fourth-order valence-corrected chi connectivity index (χ4v) is 7.96. The average molecular weight is 661 g/mol. The summed E-state index contributed by atoms with van der Waals surface area (Å²) in [6.45, 7) is 2.62. The van der Waals surface area contributed by atoms with Crippen molar-refractivity contribution in [3.63, 3.8) is 0 Å². The van der Waals surface area contributed by atoms with Crippen LogP contribution in [0.25, 0.3) is 11.3 Å². The van der Waals surface area contributed by atoms with E-state index in [0.29, 0.717) is 34.1 Å². The zero-order valence-corrected chi connectivity index (χ0v) is 26.9. The number of phenols is 1. The lowest BCUT2D eigenvalue weighted by molar-refractivity contribution is -0.136. The fourth-order valence-electron chi connectivity index (χ4n) is 7.96. The quantitative estimate of drug-likeness (QED) is 0.280. The van der Waals surface area contributed by atoms with Crippen LogP contribution >= 0.6 is 0 Å². The van der Waals surface area contributed by atoms with Crippen LogP contribution in [0.4, 0.5) is 5.82 Å². The third-order valence-corrected chi connectivity index (χ3v) is 10.6. The Morgan fingerprint density at radius 1 is 0.939 bits per heavy atom. The summed E-state index contributed by atoms with van der Waals surface area (Å²) in [5.41, 5.74) is 8.93. The monoisotopic (exact) mass is 660 g/mol. The maximum Gasteiger partial charge on any atom is 0.262 e. The van der Waals surface area contributed by atoms with Crippen molar-refractivity contribution in [2.75, 3.05) is 25.4 Å². The highest BCUT2D eigenvalue weighted by Gasteiger charge is 2.50. The Bertz CT molecular complexity index is 1970. The Balaban J connectivity index is 0.853.